The van der Waals surface area contributed by atoms with E-state index >= 15 is 0 Å². The Labute approximate surface area is 144 Å². The van der Waals surface area contributed by atoms with Crippen molar-refractivity contribution in [1.82, 2.24) is 15.1 Å². The average Bonchev–Trinajstić information content (AvgIpc) is 2.81. The van der Waals surface area contributed by atoms with Gasteiger partial charge in [0.15, 0.2) is 0 Å². The summed E-state index contributed by atoms with van der Waals surface area (Å²) in [4.78, 5) is 11.9. The third kappa shape index (κ3) is 4.52. The number of alkyl halides is 3. The van der Waals surface area contributed by atoms with Gasteiger partial charge < -0.3 is 10.6 Å². The fraction of sp³-hybridized carbons (Fsp3) is 0.412. The van der Waals surface area contributed by atoms with E-state index < -0.39 is 17.8 Å². The van der Waals surface area contributed by atoms with Crippen molar-refractivity contribution in [2.75, 3.05) is 11.9 Å². The molecule has 0 unspecified atom stereocenters. The molecule has 0 saturated heterocycles. The lowest BCUT2D eigenvalue weighted by Gasteiger charge is -2.14. The first kappa shape index (κ1) is 18.8. The number of hydrogen-bond donors (Lipinski definition) is 2. The van der Waals surface area contributed by atoms with Crippen LogP contribution in [0.15, 0.2) is 24.3 Å². The van der Waals surface area contributed by atoms with Crippen LogP contribution in [-0.4, -0.2) is 22.4 Å². The summed E-state index contributed by atoms with van der Waals surface area (Å²) in [6.45, 7) is 6.91. The second kappa shape index (κ2) is 7.58. The number of amides is 2. The highest BCUT2D eigenvalue weighted by Crippen LogP contribution is 2.34. The van der Waals surface area contributed by atoms with Gasteiger partial charge in [0.1, 0.15) is 0 Å². The number of carbonyl (C=O) groups excluding carboxylic acids is 1. The Bertz CT molecular complexity index is 753. The zero-order chi connectivity index (χ0) is 18.6. The van der Waals surface area contributed by atoms with Gasteiger partial charge in [-0.15, -0.1) is 0 Å². The van der Waals surface area contributed by atoms with Crippen molar-refractivity contribution < 1.29 is 18.0 Å². The van der Waals surface area contributed by atoms with Crippen molar-refractivity contribution in [2.24, 2.45) is 0 Å². The third-order valence-corrected chi connectivity index (χ3v) is 3.97. The molecule has 0 saturated carbocycles. The van der Waals surface area contributed by atoms with Crippen LogP contribution in [0.1, 0.15) is 29.4 Å². The quantitative estimate of drug-likeness (QED) is 0.855. The first-order chi connectivity index (χ1) is 11.7. The van der Waals surface area contributed by atoms with Gasteiger partial charge in [0.25, 0.3) is 0 Å². The topological polar surface area (TPSA) is 59.0 Å². The maximum absolute atomic E-state index is 12.9. The molecule has 2 aromatic rings. The molecule has 2 amide bonds. The van der Waals surface area contributed by atoms with E-state index in [0.717, 1.165) is 29.6 Å². The predicted molar refractivity (Wildman–Crippen MR) is 89.5 cm³/mol. The van der Waals surface area contributed by atoms with E-state index in [4.69, 9.17) is 0 Å². The molecule has 0 radical (unpaired) electrons. The number of nitrogens with zero attached hydrogens (tertiary/aromatic N) is 2. The number of urea groups is 1. The highest BCUT2D eigenvalue weighted by Gasteiger charge is 2.33. The lowest BCUT2D eigenvalue weighted by molar-refractivity contribution is -0.136. The normalized spacial score (nSPS) is 11.4. The molecule has 0 aliphatic carbocycles. The molecule has 0 fully saturated rings. The van der Waals surface area contributed by atoms with Crippen LogP contribution in [0, 0.1) is 13.8 Å². The molecule has 25 heavy (non-hydrogen) atoms. The molecule has 1 heterocycles. The summed E-state index contributed by atoms with van der Waals surface area (Å²) in [5, 5.41) is 9.24. The maximum Gasteiger partial charge on any atom is 0.418 e. The number of para-hydroxylation sites is 1. The lowest BCUT2D eigenvalue weighted by atomic mass is 10.1. The fourth-order valence-electron chi connectivity index (χ4n) is 2.71. The highest BCUT2D eigenvalue weighted by atomic mass is 19.4. The van der Waals surface area contributed by atoms with E-state index in [1.807, 2.05) is 25.5 Å². The molecule has 2 rings (SSSR count). The van der Waals surface area contributed by atoms with E-state index in [-0.39, 0.29) is 5.69 Å². The molecule has 8 heteroatoms. The number of hydrogen-bond acceptors (Lipinski definition) is 2. The highest BCUT2D eigenvalue weighted by molar-refractivity contribution is 5.90. The van der Waals surface area contributed by atoms with E-state index in [9.17, 15) is 18.0 Å². The Kier molecular flexibility index (Phi) is 5.71. The summed E-state index contributed by atoms with van der Waals surface area (Å²) in [5.74, 6) is 0. The lowest BCUT2D eigenvalue weighted by Crippen LogP contribution is -2.31. The van der Waals surface area contributed by atoms with Gasteiger partial charge in [-0.25, -0.2) is 4.79 Å². The molecule has 0 aliphatic rings. The van der Waals surface area contributed by atoms with Crippen molar-refractivity contribution in [3.8, 4) is 0 Å². The zero-order valence-electron chi connectivity index (χ0n) is 14.4. The first-order valence-corrected chi connectivity index (χ1v) is 7.98. The van der Waals surface area contributed by atoms with Gasteiger partial charge in [0, 0.05) is 18.8 Å². The van der Waals surface area contributed by atoms with E-state index in [1.54, 1.807) is 0 Å². The van der Waals surface area contributed by atoms with Crippen molar-refractivity contribution in [3.63, 3.8) is 0 Å². The second-order valence-corrected chi connectivity index (χ2v) is 5.64. The van der Waals surface area contributed by atoms with Gasteiger partial charge in [0.05, 0.1) is 16.9 Å². The Morgan fingerprint density at radius 2 is 1.92 bits per heavy atom. The molecular weight excluding hydrogens is 333 g/mol. The molecule has 0 bridgehead atoms. The van der Waals surface area contributed by atoms with E-state index in [0.29, 0.717) is 13.0 Å². The Morgan fingerprint density at radius 3 is 2.52 bits per heavy atom. The number of aromatic nitrogens is 2. The largest absolute Gasteiger partial charge is 0.418 e. The van der Waals surface area contributed by atoms with E-state index in [2.05, 4.69) is 15.7 Å². The van der Waals surface area contributed by atoms with Crippen molar-refractivity contribution in [2.45, 2.75) is 39.9 Å². The first-order valence-electron chi connectivity index (χ1n) is 7.98. The SMILES string of the molecule is CCn1nc(C)c(CCNC(=O)Nc2ccccc2C(F)(F)F)c1C. The number of aryl methyl sites for hydroxylation is 2. The van der Waals surface area contributed by atoms with E-state index in [1.165, 1.54) is 18.2 Å². The minimum absolute atomic E-state index is 0.265. The zero-order valence-corrected chi connectivity index (χ0v) is 14.4. The summed E-state index contributed by atoms with van der Waals surface area (Å²) >= 11 is 0. The standard InChI is InChI=1S/C17H21F3N4O/c1-4-24-12(3)13(11(2)23-24)9-10-21-16(25)22-15-8-6-5-7-14(15)17(18,19)20/h5-8H,4,9-10H2,1-3H3,(H2,21,22,25). The smallest absolute Gasteiger partial charge is 0.338 e. The summed E-state index contributed by atoms with van der Waals surface area (Å²) < 4.78 is 40.6. The molecule has 1 aromatic heterocycles. The van der Waals surface area contributed by atoms with Crippen LogP contribution in [-0.2, 0) is 19.1 Å². The Hall–Kier alpha value is -2.51. The third-order valence-electron chi connectivity index (χ3n) is 3.97. The van der Waals surface area contributed by atoms with Crippen LogP contribution in [0.25, 0.3) is 0 Å². The minimum atomic E-state index is -4.52. The molecule has 1 aromatic carbocycles. The summed E-state index contributed by atoms with van der Waals surface area (Å²) in [6, 6.07) is 4.21. The monoisotopic (exact) mass is 354 g/mol. The number of nitrogens with one attached hydrogen (secondary N) is 2. The van der Waals surface area contributed by atoms with Crippen LogP contribution in [0.4, 0.5) is 23.7 Å². The summed E-state index contributed by atoms with van der Waals surface area (Å²) in [7, 11) is 0. The predicted octanol–water partition coefficient (Wildman–Crippen LogP) is 3.90. The Morgan fingerprint density at radius 1 is 1.24 bits per heavy atom. The van der Waals surface area contributed by atoms with Crippen LogP contribution >= 0.6 is 0 Å². The van der Waals surface area contributed by atoms with Crippen LogP contribution in [0.3, 0.4) is 0 Å². The van der Waals surface area contributed by atoms with Gasteiger partial charge in [0.2, 0.25) is 0 Å². The molecule has 2 N–H and O–H groups in total. The summed E-state index contributed by atoms with van der Waals surface area (Å²) in [6.07, 6.45) is -3.96. The Balaban J connectivity index is 1.96. The number of carbonyl (C=O) groups is 1. The van der Waals surface area contributed by atoms with Crippen LogP contribution in [0.5, 0.6) is 0 Å². The van der Waals surface area contributed by atoms with Gasteiger partial charge in [-0.05, 0) is 44.9 Å². The van der Waals surface area contributed by atoms with Gasteiger partial charge in [-0.3, -0.25) is 4.68 Å². The van der Waals surface area contributed by atoms with Crippen molar-refractivity contribution >= 4 is 11.7 Å². The average molecular weight is 354 g/mol. The molecule has 0 aliphatic heterocycles. The minimum Gasteiger partial charge on any atom is -0.338 e. The molecular formula is C17H21F3N4O. The number of halogens is 3. The second-order valence-electron chi connectivity index (χ2n) is 5.64. The fourth-order valence-corrected chi connectivity index (χ4v) is 2.71. The molecule has 0 atom stereocenters. The molecule has 5 nitrogen and oxygen atoms in total. The van der Waals surface area contributed by atoms with Crippen molar-refractivity contribution in [3.05, 3.63) is 46.8 Å². The van der Waals surface area contributed by atoms with Crippen LogP contribution < -0.4 is 10.6 Å². The molecule has 0 spiro atoms. The summed E-state index contributed by atoms with van der Waals surface area (Å²) in [5.41, 5.74) is 1.83. The van der Waals surface area contributed by atoms with Crippen molar-refractivity contribution in [1.29, 1.82) is 0 Å². The number of anilines is 1. The molecule has 136 valence electrons. The number of benzene rings is 1. The maximum atomic E-state index is 12.9. The number of rotatable bonds is 5. The van der Waals surface area contributed by atoms with Crippen LogP contribution in [0.2, 0.25) is 0 Å². The van der Waals surface area contributed by atoms with Gasteiger partial charge in [-0.1, -0.05) is 12.1 Å². The van der Waals surface area contributed by atoms with Gasteiger partial charge >= 0.3 is 12.2 Å². The van der Waals surface area contributed by atoms with Gasteiger partial charge in [-0.2, -0.15) is 18.3 Å².